The van der Waals surface area contributed by atoms with Crippen molar-refractivity contribution in [2.24, 2.45) is 5.73 Å². The Morgan fingerprint density at radius 2 is 1.86 bits per heavy atom. The summed E-state index contributed by atoms with van der Waals surface area (Å²) in [4.78, 5) is 6.93. The van der Waals surface area contributed by atoms with Gasteiger partial charge in [-0.25, -0.2) is 13.4 Å². The molecule has 0 unspecified atom stereocenters. The largest absolute Gasteiger partial charge is 0.389 e. The molecule has 1 saturated heterocycles. The zero-order valence-corrected chi connectivity index (χ0v) is 14.1. The number of thiocarbonyl (C=S) groups is 1. The minimum atomic E-state index is -3.14. The number of rotatable bonds is 3. The van der Waals surface area contributed by atoms with Crippen LogP contribution >= 0.6 is 12.2 Å². The van der Waals surface area contributed by atoms with Gasteiger partial charge in [0, 0.05) is 31.9 Å². The third kappa shape index (κ3) is 3.50. The van der Waals surface area contributed by atoms with E-state index in [-0.39, 0.29) is 0 Å². The van der Waals surface area contributed by atoms with Gasteiger partial charge >= 0.3 is 0 Å². The molecule has 1 aliphatic heterocycles. The van der Waals surface area contributed by atoms with Crippen molar-refractivity contribution < 1.29 is 8.42 Å². The standard InChI is InChI=1S/C13H20N4O2S2/c1-9-8-10(2)15-13(11(9)12(14)20)16-4-6-17(7-5-16)21(3,18)19/h8H,4-7H2,1-3H3,(H2,14,20). The Morgan fingerprint density at radius 3 is 2.33 bits per heavy atom. The van der Waals surface area contributed by atoms with Crippen molar-refractivity contribution in [3.63, 3.8) is 0 Å². The Balaban J connectivity index is 2.30. The highest BCUT2D eigenvalue weighted by Crippen LogP contribution is 2.24. The Morgan fingerprint density at radius 1 is 1.29 bits per heavy atom. The zero-order valence-electron chi connectivity index (χ0n) is 12.5. The van der Waals surface area contributed by atoms with E-state index in [4.69, 9.17) is 18.0 Å². The molecule has 0 atom stereocenters. The third-order valence-electron chi connectivity index (χ3n) is 3.58. The van der Waals surface area contributed by atoms with Crippen molar-refractivity contribution in [1.82, 2.24) is 9.29 Å². The molecule has 0 radical (unpaired) electrons. The van der Waals surface area contributed by atoms with E-state index in [1.165, 1.54) is 10.6 Å². The molecular formula is C13H20N4O2S2. The van der Waals surface area contributed by atoms with Gasteiger partial charge in [-0.2, -0.15) is 4.31 Å². The summed E-state index contributed by atoms with van der Waals surface area (Å²) in [6.07, 6.45) is 1.23. The van der Waals surface area contributed by atoms with Crippen molar-refractivity contribution in [2.45, 2.75) is 13.8 Å². The fourth-order valence-corrected chi connectivity index (χ4v) is 3.66. The van der Waals surface area contributed by atoms with E-state index in [9.17, 15) is 8.42 Å². The Hall–Kier alpha value is -1.25. The predicted octanol–water partition coefficient (Wildman–Crippen LogP) is 0.414. The molecule has 0 aliphatic carbocycles. The van der Waals surface area contributed by atoms with Crippen molar-refractivity contribution in [3.05, 3.63) is 22.9 Å². The number of nitrogens with two attached hydrogens (primary N) is 1. The molecular weight excluding hydrogens is 308 g/mol. The summed E-state index contributed by atoms with van der Waals surface area (Å²) in [6, 6.07) is 1.95. The first-order valence-corrected chi connectivity index (χ1v) is 8.94. The van der Waals surface area contributed by atoms with Gasteiger partial charge in [0.2, 0.25) is 10.0 Å². The van der Waals surface area contributed by atoms with Gasteiger partial charge < -0.3 is 10.6 Å². The Kier molecular flexibility index (Phi) is 4.50. The van der Waals surface area contributed by atoms with Gasteiger partial charge in [-0.15, -0.1) is 0 Å². The topological polar surface area (TPSA) is 79.5 Å². The molecule has 0 aromatic carbocycles. The van der Waals surface area contributed by atoms with Crippen molar-refractivity contribution in [1.29, 1.82) is 0 Å². The van der Waals surface area contributed by atoms with E-state index in [1.807, 2.05) is 19.9 Å². The summed E-state index contributed by atoms with van der Waals surface area (Å²) >= 11 is 5.14. The molecule has 1 aromatic heterocycles. The second-order valence-corrected chi connectivity index (χ2v) is 7.71. The molecule has 0 amide bonds. The average molecular weight is 328 g/mol. The number of aromatic nitrogens is 1. The van der Waals surface area contributed by atoms with Crippen LogP contribution < -0.4 is 10.6 Å². The van der Waals surface area contributed by atoms with E-state index in [0.29, 0.717) is 31.2 Å². The van der Waals surface area contributed by atoms with E-state index in [2.05, 4.69) is 9.88 Å². The second kappa shape index (κ2) is 5.86. The van der Waals surface area contributed by atoms with Gasteiger partial charge in [-0.3, -0.25) is 0 Å². The van der Waals surface area contributed by atoms with E-state index < -0.39 is 10.0 Å². The molecule has 2 heterocycles. The fraction of sp³-hybridized carbons (Fsp3) is 0.538. The summed E-state index contributed by atoms with van der Waals surface area (Å²) in [5.74, 6) is 0.758. The molecule has 8 heteroatoms. The van der Waals surface area contributed by atoms with Crippen molar-refractivity contribution in [3.8, 4) is 0 Å². The number of anilines is 1. The number of nitrogens with zero attached hydrogens (tertiary/aromatic N) is 3. The monoisotopic (exact) mass is 328 g/mol. The summed E-state index contributed by atoms with van der Waals surface area (Å²) in [7, 11) is -3.14. The Labute approximate surface area is 131 Å². The molecule has 0 saturated carbocycles. The van der Waals surface area contributed by atoms with Crippen LogP contribution in [0.3, 0.4) is 0 Å². The zero-order chi connectivity index (χ0) is 15.8. The van der Waals surface area contributed by atoms with E-state index >= 15 is 0 Å². The lowest BCUT2D eigenvalue weighted by molar-refractivity contribution is 0.387. The summed E-state index contributed by atoms with van der Waals surface area (Å²) < 4.78 is 24.6. The van der Waals surface area contributed by atoms with Gasteiger partial charge in [-0.05, 0) is 25.5 Å². The quantitative estimate of drug-likeness (QED) is 0.810. The molecule has 1 fully saturated rings. The molecule has 0 bridgehead atoms. The van der Waals surface area contributed by atoms with Crippen LogP contribution in [-0.4, -0.2) is 55.1 Å². The first-order chi connectivity index (χ1) is 9.70. The van der Waals surface area contributed by atoms with Crippen molar-refractivity contribution in [2.75, 3.05) is 37.3 Å². The number of hydrogen-bond donors (Lipinski definition) is 1. The van der Waals surface area contributed by atoms with Gasteiger partial charge in [0.05, 0.1) is 11.8 Å². The van der Waals surface area contributed by atoms with Crippen LogP contribution in [-0.2, 0) is 10.0 Å². The normalized spacial score (nSPS) is 17.0. The van der Waals surface area contributed by atoms with Gasteiger partial charge in [0.1, 0.15) is 10.8 Å². The fourth-order valence-electron chi connectivity index (χ4n) is 2.58. The van der Waals surface area contributed by atoms with Crippen molar-refractivity contribution >= 4 is 33.0 Å². The average Bonchev–Trinajstić information content (AvgIpc) is 2.36. The molecule has 0 spiro atoms. The first-order valence-electron chi connectivity index (χ1n) is 6.68. The lowest BCUT2D eigenvalue weighted by Gasteiger charge is -2.35. The van der Waals surface area contributed by atoms with Crippen LogP contribution in [0.15, 0.2) is 6.07 Å². The van der Waals surface area contributed by atoms with E-state index in [1.54, 1.807) is 0 Å². The highest BCUT2D eigenvalue weighted by Gasteiger charge is 2.26. The molecule has 1 aliphatic rings. The summed E-state index contributed by atoms with van der Waals surface area (Å²) in [5.41, 5.74) is 8.50. The van der Waals surface area contributed by atoms with Gasteiger partial charge in [0.15, 0.2) is 0 Å². The van der Waals surface area contributed by atoms with Crippen LogP contribution in [0.25, 0.3) is 0 Å². The molecule has 2 N–H and O–H groups in total. The second-order valence-electron chi connectivity index (χ2n) is 5.29. The van der Waals surface area contributed by atoms with Crippen LogP contribution in [0, 0.1) is 13.8 Å². The Bertz CT molecular complexity index is 665. The van der Waals surface area contributed by atoms with Gasteiger partial charge in [-0.1, -0.05) is 12.2 Å². The van der Waals surface area contributed by atoms with Gasteiger partial charge in [0.25, 0.3) is 0 Å². The minimum absolute atomic E-state index is 0.320. The molecule has 1 aromatic rings. The lowest BCUT2D eigenvalue weighted by atomic mass is 10.1. The van der Waals surface area contributed by atoms with Crippen LogP contribution in [0.4, 0.5) is 5.82 Å². The van der Waals surface area contributed by atoms with Crippen LogP contribution in [0.5, 0.6) is 0 Å². The molecule has 6 nitrogen and oxygen atoms in total. The minimum Gasteiger partial charge on any atom is -0.389 e. The third-order valence-corrected chi connectivity index (χ3v) is 5.09. The maximum absolute atomic E-state index is 11.6. The van der Waals surface area contributed by atoms with E-state index in [0.717, 1.165) is 22.6 Å². The predicted molar refractivity (Wildman–Crippen MR) is 88.2 cm³/mol. The summed E-state index contributed by atoms with van der Waals surface area (Å²) in [6.45, 7) is 5.94. The number of hydrogen-bond acceptors (Lipinski definition) is 5. The molecule has 21 heavy (non-hydrogen) atoms. The molecule has 116 valence electrons. The molecule has 2 rings (SSSR count). The summed E-state index contributed by atoms with van der Waals surface area (Å²) in [5, 5.41) is 0. The maximum atomic E-state index is 11.6. The number of piperazine rings is 1. The number of sulfonamides is 1. The SMILES string of the molecule is Cc1cc(C)c(C(N)=S)c(N2CCN(S(C)(=O)=O)CC2)n1. The number of aryl methyl sites for hydroxylation is 2. The highest BCUT2D eigenvalue weighted by atomic mass is 32.2. The van der Waals surface area contributed by atoms with Crippen LogP contribution in [0.1, 0.15) is 16.8 Å². The lowest BCUT2D eigenvalue weighted by Crippen LogP contribution is -2.49. The number of pyridine rings is 1. The smallest absolute Gasteiger partial charge is 0.211 e. The maximum Gasteiger partial charge on any atom is 0.211 e. The highest BCUT2D eigenvalue weighted by molar-refractivity contribution is 7.88. The first kappa shape index (κ1) is 16.1. The van der Waals surface area contributed by atoms with Crippen LogP contribution in [0.2, 0.25) is 0 Å².